The van der Waals surface area contributed by atoms with Gasteiger partial charge in [0.15, 0.2) is 5.78 Å². The Bertz CT molecular complexity index is 1240. The van der Waals surface area contributed by atoms with Crippen molar-refractivity contribution in [1.82, 2.24) is 24.2 Å². The van der Waals surface area contributed by atoms with Gasteiger partial charge in [-0.1, -0.05) is 22.9 Å². The third-order valence-corrected chi connectivity index (χ3v) is 9.53. The number of sulfonamides is 1. The summed E-state index contributed by atoms with van der Waals surface area (Å²) in [5.41, 5.74) is -0.275. The van der Waals surface area contributed by atoms with Crippen molar-refractivity contribution >= 4 is 39.8 Å². The zero-order valence-electron chi connectivity index (χ0n) is 20.6. The van der Waals surface area contributed by atoms with Gasteiger partial charge in [0.25, 0.3) is 10.0 Å². The first-order valence-corrected chi connectivity index (χ1v) is 13.6. The third-order valence-electron chi connectivity index (χ3n) is 7.40. The van der Waals surface area contributed by atoms with Gasteiger partial charge in [-0.2, -0.15) is 4.31 Å². The Morgan fingerprint density at radius 3 is 2.30 bits per heavy atom. The maximum absolute atomic E-state index is 14.2. The van der Waals surface area contributed by atoms with Gasteiger partial charge < -0.3 is 0 Å². The summed E-state index contributed by atoms with van der Waals surface area (Å²) in [5, 5.41) is 7.03. The number of alkyl halides is 2. The lowest BCUT2D eigenvalue weighted by molar-refractivity contribution is -0.0891. The number of aromatic nitrogens is 3. The quantitative estimate of drug-likeness (QED) is 0.453. The molecule has 1 aliphatic heterocycles. The number of benzene rings is 1. The van der Waals surface area contributed by atoms with Gasteiger partial charge >= 0.3 is 0 Å². The maximum atomic E-state index is 14.2. The van der Waals surface area contributed by atoms with Gasteiger partial charge in [-0.3, -0.25) is 14.4 Å². The molecule has 1 saturated heterocycles. The van der Waals surface area contributed by atoms with E-state index in [2.05, 4.69) is 10.3 Å². The highest BCUT2D eigenvalue weighted by molar-refractivity contribution is 7.89. The van der Waals surface area contributed by atoms with Crippen LogP contribution >= 0.6 is 24.0 Å². The van der Waals surface area contributed by atoms with Gasteiger partial charge in [-0.05, 0) is 37.8 Å². The van der Waals surface area contributed by atoms with Crippen molar-refractivity contribution in [1.29, 1.82) is 0 Å². The lowest BCUT2D eigenvalue weighted by atomic mass is 9.74. The second-order valence-electron chi connectivity index (χ2n) is 9.68. The van der Waals surface area contributed by atoms with Gasteiger partial charge in [0.1, 0.15) is 5.82 Å². The average molecular weight is 584 g/mol. The van der Waals surface area contributed by atoms with E-state index >= 15 is 0 Å². The lowest BCUT2D eigenvalue weighted by Crippen LogP contribution is -2.59. The van der Waals surface area contributed by atoms with Crippen molar-refractivity contribution < 1.29 is 26.4 Å². The summed E-state index contributed by atoms with van der Waals surface area (Å²) in [5.74, 6) is -3.76. The smallest absolute Gasteiger partial charge is 0.264 e. The fourth-order valence-corrected chi connectivity index (χ4v) is 6.78. The number of aryl methyl sites for hydroxylation is 2. The van der Waals surface area contributed by atoms with E-state index in [4.69, 9.17) is 11.6 Å². The number of hydrogen-bond acceptors (Lipinski definition) is 6. The molecule has 2 aromatic rings. The van der Waals surface area contributed by atoms with Crippen LogP contribution in [0.5, 0.6) is 0 Å². The molecule has 2 fully saturated rings. The first kappa shape index (κ1) is 29.8. The molecule has 1 aromatic heterocycles. The second-order valence-corrected chi connectivity index (χ2v) is 11.9. The molecule has 0 spiro atoms. The number of halogens is 5. The van der Waals surface area contributed by atoms with E-state index in [0.29, 0.717) is 25.1 Å². The van der Waals surface area contributed by atoms with Crippen molar-refractivity contribution in [3.63, 3.8) is 0 Å². The summed E-state index contributed by atoms with van der Waals surface area (Å²) in [4.78, 5) is 15.0. The fraction of sp³-hybridized carbons (Fsp3) is 0.609. The molecule has 0 unspecified atom stereocenters. The van der Waals surface area contributed by atoms with E-state index in [-0.39, 0.29) is 79.0 Å². The van der Waals surface area contributed by atoms with Crippen molar-refractivity contribution in [2.45, 2.75) is 61.9 Å². The minimum absolute atomic E-state index is 0. The van der Waals surface area contributed by atoms with E-state index in [1.54, 1.807) is 14.0 Å². The van der Waals surface area contributed by atoms with E-state index in [1.165, 1.54) is 27.3 Å². The van der Waals surface area contributed by atoms with Crippen LogP contribution in [0.15, 0.2) is 23.4 Å². The Morgan fingerprint density at radius 1 is 1.11 bits per heavy atom. The molecule has 1 aliphatic carbocycles. The minimum atomic E-state index is -3.82. The predicted octanol–water partition coefficient (Wildman–Crippen LogP) is 4.26. The Labute approximate surface area is 225 Å². The highest BCUT2D eigenvalue weighted by Crippen LogP contribution is 2.44. The molecule has 37 heavy (non-hydrogen) atoms. The number of ketones is 1. The number of piperazine rings is 1. The van der Waals surface area contributed by atoms with Crippen LogP contribution in [-0.4, -0.2) is 76.0 Å². The van der Waals surface area contributed by atoms with Crippen LogP contribution in [0.4, 0.5) is 13.2 Å². The highest BCUT2D eigenvalue weighted by atomic mass is 35.5. The average Bonchev–Trinajstić information content (AvgIpc) is 3.29. The minimum Gasteiger partial charge on any atom is -0.295 e. The molecule has 0 amide bonds. The van der Waals surface area contributed by atoms with Gasteiger partial charge in [-0.15, -0.1) is 17.5 Å². The summed E-state index contributed by atoms with van der Waals surface area (Å²) in [6.45, 7) is 2.55. The molecule has 4 rings (SSSR count). The second kappa shape index (κ2) is 11.2. The van der Waals surface area contributed by atoms with E-state index in [9.17, 15) is 26.4 Å². The predicted molar refractivity (Wildman–Crippen MR) is 134 cm³/mol. The van der Waals surface area contributed by atoms with Crippen LogP contribution in [0.2, 0.25) is 5.02 Å². The van der Waals surface area contributed by atoms with Crippen LogP contribution < -0.4 is 0 Å². The Hall–Kier alpha value is -1.73. The Balaban J connectivity index is 0.00000380. The van der Waals surface area contributed by atoms with Crippen molar-refractivity contribution in [2.75, 3.05) is 26.2 Å². The molecule has 1 aromatic carbocycles. The van der Waals surface area contributed by atoms with Gasteiger partial charge in [0.2, 0.25) is 10.9 Å². The van der Waals surface area contributed by atoms with E-state index < -0.39 is 27.3 Å². The molecule has 0 radical (unpaired) electrons. The number of rotatable bonds is 7. The van der Waals surface area contributed by atoms with Crippen LogP contribution in [0.1, 0.15) is 54.4 Å². The molecule has 206 valence electrons. The standard InChI is InChI=1S/C23H29ClF3N5O3S.ClH/c1-16-3-4-17(20(24)21(16)25)18(33)5-6-22(7-9-23(26,27)10-8-22)31-11-13-32(14-12-31)36(34,35)19-15-30(2)29-28-19;/h3-4,15H,5-14H2,1-2H3;1H. The number of Topliss-reactive ketones (excluding diaryl/α,β-unsaturated/α-hetero) is 1. The molecule has 2 aliphatic rings. The van der Waals surface area contributed by atoms with Gasteiger partial charge in [0, 0.05) is 63.6 Å². The summed E-state index contributed by atoms with van der Waals surface area (Å²) in [6, 6.07) is 2.98. The molecule has 14 heteroatoms. The largest absolute Gasteiger partial charge is 0.295 e. The van der Waals surface area contributed by atoms with E-state index in [0.717, 1.165) is 0 Å². The molecule has 0 atom stereocenters. The zero-order chi connectivity index (χ0) is 26.3. The van der Waals surface area contributed by atoms with Crippen molar-refractivity contribution in [3.8, 4) is 0 Å². The van der Waals surface area contributed by atoms with Gasteiger partial charge in [-0.25, -0.2) is 21.6 Å². The molecule has 8 nitrogen and oxygen atoms in total. The van der Waals surface area contributed by atoms with Crippen LogP contribution in [0, 0.1) is 12.7 Å². The number of carbonyl (C=O) groups excluding carboxylic acids is 1. The van der Waals surface area contributed by atoms with Crippen LogP contribution in [0.3, 0.4) is 0 Å². The summed E-state index contributed by atoms with van der Waals surface area (Å²) < 4.78 is 70.8. The molecule has 2 heterocycles. The Morgan fingerprint density at radius 2 is 1.73 bits per heavy atom. The van der Waals surface area contributed by atoms with E-state index in [1.807, 2.05) is 4.90 Å². The molecule has 0 bridgehead atoms. The zero-order valence-corrected chi connectivity index (χ0v) is 23.0. The molecular formula is C23H30Cl2F3N5O3S. The van der Waals surface area contributed by atoms with Crippen molar-refractivity contribution in [2.24, 2.45) is 7.05 Å². The Kier molecular flexibility index (Phi) is 9.00. The number of nitrogens with zero attached hydrogens (tertiary/aromatic N) is 5. The maximum Gasteiger partial charge on any atom is 0.264 e. The number of hydrogen-bond donors (Lipinski definition) is 0. The van der Waals surface area contributed by atoms with Crippen LogP contribution in [-0.2, 0) is 17.1 Å². The first-order valence-electron chi connectivity index (χ1n) is 11.8. The summed E-state index contributed by atoms with van der Waals surface area (Å²) in [6.07, 6.45) is 1.40. The highest BCUT2D eigenvalue weighted by Gasteiger charge is 2.47. The topological polar surface area (TPSA) is 88.4 Å². The first-order chi connectivity index (χ1) is 16.8. The molecular weight excluding hydrogens is 554 g/mol. The summed E-state index contributed by atoms with van der Waals surface area (Å²) in [7, 11) is -2.24. The van der Waals surface area contributed by atoms with Gasteiger partial charge in [0.05, 0.1) is 11.2 Å². The fourth-order valence-electron chi connectivity index (χ4n) is 5.13. The molecule has 1 saturated carbocycles. The third kappa shape index (κ3) is 6.13. The summed E-state index contributed by atoms with van der Waals surface area (Å²) >= 11 is 6.07. The SMILES string of the molecule is Cc1ccc(C(=O)CCC2(N3CCN(S(=O)(=O)c4cn(C)nn4)CC3)CCC(F)(F)CC2)c(Cl)c1F.Cl. The van der Waals surface area contributed by atoms with Crippen LogP contribution in [0.25, 0.3) is 0 Å². The normalized spacial score (nSPS) is 20.4. The molecule has 0 N–H and O–H groups in total. The number of carbonyl (C=O) groups is 1. The lowest BCUT2D eigenvalue weighted by Gasteiger charge is -2.50. The van der Waals surface area contributed by atoms with Crippen molar-refractivity contribution in [3.05, 3.63) is 40.3 Å². The monoisotopic (exact) mass is 583 g/mol.